The van der Waals surface area contributed by atoms with Crippen molar-refractivity contribution in [3.05, 3.63) is 12.2 Å². The lowest BCUT2D eigenvalue weighted by molar-refractivity contribution is -0.128. The highest BCUT2D eigenvalue weighted by molar-refractivity contribution is 6.90. The van der Waals surface area contributed by atoms with Crippen molar-refractivity contribution >= 4 is 26.1 Å². The molecule has 0 amide bonds. The van der Waals surface area contributed by atoms with Crippen LogP contribution in [0.25, 0.3) is 0 Å². The van der Waals surface area contributed by atoms with Crippen LogP contribution in [0.4, 0.5) is 0 Å². The zero-order chi connectivity index (χ0) is 6.41. The van der Waals surface area contributed by atoms with Crippen LogP contribution in [0.2, 0.25) is 0 Å². The number of rotatable bonds is 2. The van der Waals surface area contributed by atoms with E-state index >= 15 is 0 Å². The van der Waals surface area contributed by atoms with Crippen molar-refractivity contribution in [2.24, 2.45) is 0 Å². The summed E-state index contributed by atoms with van der Waals surface area (Å²) in [6, 6.07) is 0. The van der Waals surface area contributed by atoms with Crippen molar-refractivity contribution in [2.75, 3.05) is 0 Å². The molecule has 0 aliphatic rings. The van der Waals surface area contributed by atoms with Crippen LogP contribution in [-0.4, -0.2) is 15.0 Å². The third-order valence-electron chi connectivity index (χ3n) is 0.500. The monoisotopic (exact) mass is 150 g/mol. The van der Waals surface area contributed by atoms with E-state index in [0.717, 1.165) is 0 Å². The Kier molecular flexibility index (Phi) is 4.69. The fraction of sp³-hybridized carbons (Fsp3) is 0.250. The summed E-state index contributed by atoms with van der Waals surface area (Å²) in [6.45, 7) is 1.75. The van der Waals surface area contributed by atoms with Crippen molar-refractivity contribution in [1.29, 1.82) is 0 Å². The lowest BCUT2D eigenvalue weighted by Crippen LogP contribution is -1.99. The molecule has 0 atom stereocenters. The van der Waals surface area contributed by atoms with E-state index in [1.54, 1.807) is 13.0 Å². The van der Waals surface area contributed by atoms with Crippen LogP contribution >= 0.6 is 11.1 Å². The maximum atomic E-state index is 10.3. The first kappa shape index (κ1) is 7.72. The van der Waals surface area contributed by atoms with Gasteiger partial charge in [0, 0.05) is 6.08 Å². The number of allylic oxidation sites excluding steroid dienone is 1. The summed E-state index contributed by atoms with van der Waals surface area (Å²) in [5.41, 5.74) is 0. The van der Waals surface area contributed by atoms with E-state index < -0.39 is 9.07 Å². The van der Waals surface area contributed by atoms with Crippen molar-refractivity contribution in [3.63, 3.8) is 0 Å². The molecule has 0 heterocycles. The number of carbonyl (C=O) groups is 1. The summed E-state index contributed by atoms with van der Waals surface area (Å²) in [5, 5.41) is 0. The minimum Gasteiger partial charge on any atom is -0.507 e. The second-order valence-electron chi connectivity index (χ2n) is 1.07. The zero-order valence-electron chi connectivity index (χ0n) is 4.56. The molecule has 0 saturated carbocycles. The third kappa shape index (κ3) is 3.89. The third-order valence-corrected chi connectivity index (χ3v) is 1.22. The van der Waals surface area contributed by atoms with Crippen LogP contribution < -0.4 is 0 Å². The number of hydrogen-bond donors (Lipinski definition) is 0. The van der Waals surface area contributed by atoms with Gasteiger partial charge in [-0.25, -0.2) is 4.79 Å². The Hall–Kier alpha value is -0.283. The molecule has 0 aromatic rings. The summed E-state index contributed by atoms with van der Waals surface area (Å²) in [6.07, 6.45) is 2.96. The molecule has 0 N–H and O–H groups in total. The number of hydrogen-bond acceptors (Lipinski definition) is 2. The van der Waals surface area contributed by atoms with Crippen molar-refractivity contribution in [2.45, 2.75) is 6.92 Å². The molecule has 0 spiro atoms. The fourth-order valence-corrected chi connectivity index (χ4v) is 0.764. The van der Waals surface area contributed by atoms with E-state index in [-0.39, 0.29) is 5.97 Å². The first-order valence-corrected chi connectivity index (χ1v) is 4.88. The summed E-state index contributed by atoms with van der Waals surface area (Å²) in [7, 11) is -1.08. The van der Waals surface area contributed by atoms with Crippen molar-refractivity contribution < 1.29 is 9.22 Å². The number of carbonyl (C=O) groups excluding carboxylic acids is 1. The van der Waals surface area contributed by atoms with Gasteiger partial charge in [-0.05, 0) is 6.92 Å². The second kappa shape index (κ2) is 4.87. The van der Waals surface area contributed by atoms with E-state index in [2.05, 4.69) is 4.43 Å². The fourth-order valence-electron chi connectivity index (χ4n) is 0.238. The predicted molar refractivity (Wildman–Crippen MR) is 35.3 cm³/mol. The molecule has 8 heavy (non-hydrogen) atoms. The van der Waals surface area contributed by atoms with Gasteiger partial charge >= 0.3 is 15.0 Å². The van der Waals surface area contributed by atoms with E-state index in [4.69, 9.17) is 11.1 Å². The summed E-state index contributed by atoms with van der Waals surface area (Å²) >= 11 is 5.19. The smallest absolute Gasteiger partial charge is 0.320 e. The summed E-state index contributed by atoms with van der Waals surface area (Å²) in [4.78, 5) is 10.3. The molecule has 0 aromatic heterocycles. The second-order valence-corrected chi connectivity index (χ2v) is 2.23. The Balaban J connectivity index is 3.33. The van der Waals surface area contributed by atoms with Crippen LogP contribution in [-0.2, 0) is 9.22 Å². The first-order chi connectivity index (χ1) is 3.81. The highest BCUT2D eigenvalue weighted by atomic mass is 35.6. The van der Waals surface area contributed by atoms with E-state index in [1.807, 2.05) is 0 Å². The van der Waals surface area contributed by atoms with Crippen LogP contribution in [0, 0.1) is 0 Å². The van der Waals surface area contributed by atoms with Gasteiger partial charge < -0.3 is 4.43 Å². The number of halogens is 1. The Bertz CT molecular complexity index is 102. The predicted octanol–water partition coefficient (Wildman–Crippen LogP) is 0.343. The van der Waals surface area contributed by atoms with Gasteiger partial charge in [0.15, 0.2) is 0 Å². The minimum absolute atomic E-state index is 0.339. The van der Waals surface area contributed by atoms with Gasteiger partial charge in [0.25, 0.3) is 0 Å². The van der Waals surface area contributed by atoms with Gasteiger partial charge in [-0.15, -0.1) is 11.1 Å². The van der Waals surface area contributed by atoms with E-state index in [9.17, 15) is 4.79 Å². The molecule has 0 saturated heterocycles. The standard InChI is InChI=1S/C4H7ClO2Si/c1-2-3-4(6)7-8-5/h2-3H,8H2,1H3. The molecular weight excluding hydrogens is 144 g/mol. The van der Waals surface area contributed by atoms with Gasteiger partial charge in [0.05, 0.1) is 0 Å². The Labute approximate surface area is 55.1 Å². The largest absolute Gasteiger partial charge is 0.507 e. The molecular formula is C4H7ClO2Si. The Morgan fingerprint density at radius 3 is 2.88 bits per heavy atom. The van der Waals surface area contributed by atoms with Crippen LogP contribution in [0.3, 0.4) is 0 Å². The highest BCUT2D eigenvalue weighted by Crippen LogP contribution is 1.79. The van der Waals surface area contributed by atoms with E-state index in [0.29, 0.717) is 0 Å². The average Bonchev–Trinajstić information content (AvgIpc) is 1.68. The maximum Gasteiger partial charge on any atom is 0.320 e. The van der Waals surface area contributed by atoms with Gasteiger partial charge in [0.2, 0.25) is 0 Å². The molecule has 46 valence electrons. The van der Waals surface area contributed by atoms with Crippen molar-refractivity contribution in [3.8, 4) is 0 Å². The maximum absolute atomic E-state index is 10.3. The van der Waals surface area contributed by atoms with Crippen LogP contribution in [0.5, 0.6) is 0 Å². The minimum atomic E-state index is -1.08. The van der Waals surface area contributed by atoms with Gasteiger partial charge in [-0.3, -0.25) is 0 Å². The van der Waals surface area contributed by atoms with E-state index in [1.165, 1.54) is 6.08 Å². The summed E-state index contributed by atoms with van der Waals surface area (Å²) in [5.74, 6) is -0.339. The molecule has 0 fully saturated rings. The van der Waals surface area contributed by atoms with Gasteiger partial charge in [-0.2, -0.15) is 0 Å². The topological polar surface area (TPSA) is 26.3 Å². The lowest BCUT2D eigenvalue weighted by atomic mass is 10.5. The SMILES string of the molecule is CC=CC(=O)O[SiH2]Cl. The molecule has 0 aliphatic heterocycles. The molecule has 4 heteroatoms. The summed E-state index contributed by atoms with van der Waals surface area (Å²) < 4.78 is 4.46. The Morgan fingerprint density at radius 2 is 2.50 bits per heavy atom. The molecule has 0 radical (unpaired) electrons. The zero-order valence-corrected chi connectivity index (χ0v) is 6.73. The quantitative estimate of drug-likeness (QED) is 0.323. The lowest BCUT2D eigenvalue weighted by Gasteiger charge is -1.90. The van der Waals surface area contributed by atoms with Crippen molar-refractivity contribution in [1.82, 2.24) is 0 Å². The average molecular weight is 151 g/mol. The molecule has 0 bridgehead atoms. The molecule has 0 rings (SSSR count). The van der Waals surface area contributed by atoms with Crippen LogP contribution in [0.1, 0.15) is 6.92 Å². The van der Waals surface area contributed by atoms with Gasteiger partial charge in [-0.1, -0.05) is 6.08 Å². The molecule has 0 aliphatic carbocycles. The molecule has 0 aromatic carbocycles. The molecule has 0 unspecified atom stereocenters. The first-order valence-electron chi connectivity index (χ1n) is 2.16. The van der Waals surface area contributed by atoms with Crippen LogP contribution in [0.15, 0.2) is 12.2 Å². The van der Waals surface area contributed by atoms with Gasteiger partial charge in [0.1, 0.15) is 0 Å². The Morgan fingerprint density at radius 1 is 1.88 bits per heavy atom. The molecule has 2 nitrogen and oxygen atoms in total. The normalized spacial score (nSPS) is 11.2. The highest BCUT2D eigenvalue weighted by Gasteiger charge is 1.89.